The molecule has 0 unspecified atom stereocenters. The summed E-state index contributed by atoms with van der Waals surface area (Å²) >= 11 is 3.10. The van der Waals surface area contributed by atoms with Crippen LogP contribution >= 0.6 is 15.9 Å². The first kappa shape index (κ1) is 12.1. The summed E-state index contributed by atoms with van der Waals surface area (Å²) in [6, 6.07) is 2.95. The number of amides is 1. The van der Waals surface area contributed by atoms with E-state index in [-0.39, 0.29) is 5.91 Å². The lowest BCUT2D eigenvalue weighted by molar-refractivity contribution is -0.114. The fourth-order valence-corrected chi connectivity index (χ4v) is 1.62. The third-order valence-electron chi connectivity index (χ3n) is 1.82. The molecule has 0 bridgehead atoms. The highest BCUT2D eigenvalue weighted by molar-refractivity contribution is 9.10. The molecule has 0 radical (unpaired) electrons. The SMILES string of the molecule is CNCc1cc(Br)c(F)cc1NC(C)=O. The van der Waals surface area contributed by atoms with Gasteiger partial charge in [-0.05, 0) is 40.7 Å². The molecular formula is C10H12BrFN2O. The Hall–Kier alpha value is -0.940. The first-order valence-electron chi connectivity index (χ1n) is 4.44. The molecule has 5 heteroatoms. The second-order valence-electron chi connectivity index (χ2n) is 3.13. The van der Waals surface area contributed by atoms with Gasteiger partial charge in [0.05, 0.1) is 4.47 Å². The molecule has 82 valence electrons. The minimum atomic E-state index is -0.390. The molecule has 0 saturated heterocycles. The van der Waals surface area contributed by atoms with Crippen molar-refractivity contribution < 1.29 is 9.18 Å². The Labute approximate surface area is 96.2 Å². The monoisotopic (exact) mass is 274 g/mol. The van der Waals surface area contributed by atoms with Gasteiger partial charge in [-0.25, -0.2) is 4.39 Å². The summed E-state index contributed by atoms with van der Waals surface area (Å²) < 4.78 is 13.6. The average molecular weight is 275 g/mol. The number of hydrogen-bond acceptors (Lipinski definition) is 2. The smallest absolute Gasteiger partial charge is 0.221 e. The maximum atomic E-state index is 13.2. The van der Waals surface area contributed by atoms with E-state index in [1.54, 1.807) is 13.1 Å². The predicted molar refractivity (Wildman–Crippen MR) is 61.2 cm³/mol. The Morgan fingerprint density at radius 2 is 2.20 bits per heavy atom. The van der Waals surface area contributed by atoms with E-state index in [9.17, 15) is 9.18 Å². The van der Waals surface area contributed by atoms with Crippen molar-refractivity contribution in [3.8, 4) is 0 Å². The summed E-state index contributed by atoms with van der Waals surface area (Å²) in [7, 11) is 1.79. The van der Waals surface area contributed by atoms with E-state index >= 15 is 0 Å². The van der Waals surface area contributed by atoms with Crippen LogP contribution in [0.4, 0.5) is 10.1 Å². The van der Waals surface area contributed by atoms with E-state index in [0.29, 0.717) is 16.7 Å². The van der Waals surface area contributed by atoms with Gasteiger partial charge in [-0.15, -0.1) is 0 Å². The van der Waals surface area contributed by atoms with Crippen LogP contribution in [0.5, 0.6) is 0 Å². The Balaban J connectivity index is 3.09. The highest BCUT2D eigenvalue weighted by Crippen LogP contribution is 2.24. The Morgan fingerprint density at radius 3 is 2.73 bits per heavy atom. The van der Waals surface area contributed by atoms with Crippen LogP contribution in [0.3, 0.4) is 0 Å². The largest absolute Gasteiger partial charge is 0.326 e. The fraction of sp³-hybridized carbons (Fsp3) is 0.300. The van der Waals surface area contributed by atoms with E-state index in [1.807, 2.05) is 0 Å². The van der Waals surface area contributed by atoms with Gasteiger partial charge >= 0.3 is 0 Å². The summed E-state index contributed by atoms with van der Waals surface area (Å²) in [4.78, 5) is 10.9. The predicted octanol–water partition coefficient (Wildman–Crippen LogP) is 2.27. The number of carbonyl (C=O) groups excluding carboxylic acids is 1. The molecule has 0 heterocycles. The second-order valence-corrected chi connectivity index (χ2v) is 3.99. The van der Waals surface area contributed by atoms with Crippen LogP contribution in [0.1, 0.15) is 12.5 Å². The maximum Gasteiger partial charge on any atom is 0.221 e. The first-order chi connectivity index (χ1) is 7.04. The van der Waals surface area contributed by atoms with Crippen molar-refractivity contribution in [3.05, 3.63) is 28.0 Å². The number of nitrogens with one attached hydrogen (secondary N) is 2. The molecule has 2 N–H and O–H groups in total. The molecule has 0 aliphatic rings. The summed E-state index contributed by atoms with van der Waals surface area (Å²) in [5, 5.41) is 5.54. The average Bonchev–Trinajstić information content (AvgIpc) is 2.13. The third-order valence-corrected chi connectivity index (χ3v) is 2.43. The van der Waals surface area contributed by atoms with Crippen molar-refractivity contribution in [3.63, 3.8) is 0 Å². The molecule has 1 amide bonds. The van der Waals surface area contributed by atoms with Gasteiger partial charge in [0.15, 0.2) is 0 Å². The minimum absolute atomic E-state index is 0.214. The molecule has 1 rings (SSSR count). The first-order valence-corrected chi connectivity index (χ1v) is 5.24. The summed E-state index contributed by atoms with van der Waals surface area (Å²) in [6.07, 6.45) is 0. The van der Waals surface area contributed by atoms with Crippen LogP contribution in [0.2, 0.25) is 0 Å². The van der Waals surface area contributed by atoms with Crippen molar-refractivity contribution >= 4 is 27.5 Å². The minimum Gasteiger partial charge on any atom is -0.326 e. The second kappa shape index (κ2) is 5.23. The normalized spacial score (nSPS) is 10.1. The topological polar surface area (TPSA) is 41.1 Å². The zero-order valence-electron chi connectivity index (χ0n) is 8.53. The molecule has 0 spiro atoms. The quantitative estimate of drug-likeness (QED) is 0.888. The van der Waals surface area contributed by atoms with Gasteiger partial charge in [0.1, 0.15) is 5.82 Å². The van der Waals surface area contributed by atoms with Gasteiger partial charge in [0, 0.05) is 19.2 Å². The van der Waals surface area contributed by atoms with Gasteiger partial charge in [0.2, 0.25) is 5.91 Å². The van der Waals surface area contributed by atoms with E-state index in [0.717, 1.165) is 5.56 Å². The highest BCUT2D eigenvalue weighted by Gasteiger charge is 2.08. The van der Waals surface area contributed by atoms with Gasteiger partial charge in [0.25, 0.3) is 0 Å². The van der Waals surface area contributed by atoms with E-state index in [1.165, 1.54) is 13.0 Å². The molecule has 1 aromatic carbocycles. The van der Waals surface area contributed by atoms with Crippen LogP contribution in [0.15, 0.2) is 16.6 Å². The Morgan fingerprint density at radius 1 is 1.53 bits per heavy atom. The number of carbonyl (C=O) groups is 1. The fourth-order valence-electron chi connectivity index (χ4n) is 1.23. The molecular weight excluding hydrogens is 263 g/mol. The Bertz CT molecular complexity index is 382. The lowest BCUT2D eigenvalue weighted by Gasteiger charge is -2.10. The lowest BCUT2D eigenvalue weighted by Crippen LogP contribution is -2.12. The molecule has 0 atom stereocenters. The van der Waals surface area contributed by atoms with Crippen molar-refractivity contribution in [2.24, 2.45) is 0 Å². The van der Waals surface area contributed by atoms with Gasteiger partial charge in [-0.1, -0.05) is 0 Å². The highest BCUT2D eigenvalue weighted by atomic mass is 79.9. The molecule has 0 fully saturated rings. The number of benzene rings is 1. The zero-order chi connectivity index (χ0) is 11.4. The van der Waals surface area contributed by atoms with Crippen LogP contribution in [-0.4, -0.2) is 13.0 Å². The van der Waals surface area contributed by atoms with Crippen LogP contribution in [-0.2, 0) is 11.3 Å². The van der Waals surface area contributed by atoms with Crippen molar-refractivity contribution in [1.82, 2.24) is 5.32 Å². The molecule has 15 heavy (non-hydrogen) atoms. The zero-order valence-corrected chi connectivity index (χ0v) is 10.1. The number of halogens is 2. The molecule has 0 aromatic heterocycles. The standard InChI is InChI=1S/C10H12BrFN2O/c1-6(15)14-10-4-9(12)8(11)3-7(10)5-13-2/h3-4,13H,5H2,1-2H3,(H,14,15). The number of anilines is 1. The number of hydrogen-bond donors (Lipinski definition) is 2. The summed E-state index contributed by atoms with van der Waals surface area (Å²) in [6.45, 7) is 1.96. The van der Waals surface area contributed by atoms with Gasteiger partial charge < -0.3 is 10.6 Å². The lowest BCUT2D eigenvalue weighted by atomic mass is 10.1. The molecule has 1 aromatic rings. The van der Waals surface area contributed by atoms with Gasteiger partial charge in [-0.2, -0.15) is 0 Å². The molecule has 0 aliphatic carbocycles. The summed E-state index contributed by atoms with van der Waals surface area (Å²) in [5.41, 5.74) is 1.33. The third kappa shape index (κ3) is 3.28. The number of rotatable bonds is 3. The van der Waals surface area contributed by atoms with Gasteiger partial charge in [-0.3, -0.25) is 4.79 Å². The van der Waals surface area contributed by atoms with E-state index < -0.39 is 5.82 Å². The van der Waals surface area contributed by atoms with Crippen molar-refractivity contribution in [2.45, 2.75) is 13.5 Å². The summed E-state index contributed by atoms with van der Waals surface area (Å²) in [5.74, 6) is -0.604. The van der Waals surface area contributed by atoms with E-state index in [2.05, 4.69) is 26.6 Å². The van der Waals surface area contributed by atoms with Crippen LogP contribution < -0.4 is 10.6 Å². The maximum absolute atomic E-state index is 13.2. The van der Waals surface area contributed by atoms with Crippen LogP contribution in [0.25, 0.3) is 0 Å². The Kier molecular flexibility index (Phi) is 4.23. The van der Waals surface area contributed by atoms with Crippen molar-refractivity contribution in [1.29, 1.82) is 0 Å². The van der Waals surface area contributed by atoms with E-state index in [4.69, 9.17) is 0 Å². The molecule has 0 aliphatic heterocycles. The van der Waals surface area contributed by atoms with Crippen molar-refractivity contribution in [2.75, 3.05) is 12.4 Å². The molecule has 0 saturated carbocycles. The van der Waals surface area contributed by atoms with Crippen LogP contribution in [0, 0.1) is 5.82 Å². The molecule has 3 nitrogen and oxygen atoms in total.